The Morgan fingerprint density at radius 3 is 2.67 bits per heavy atom. The molecule has 0 bridgehead atoms. The second kappa shape index (κ2) is 8.72. The maximum absolute atomic E-state index is 12.4. The Kier molecular flexibility index (Phi) is 6.12. The van der Waals surface area contributed by atoms with Crippen molar-refractivity contribution in [2.24, 2.45) is 0 Å². The summed E-state index contributed by atoms with van der Waals surface area (Å²) in [5.74, 6) is -0.303. The number of carbonyl (C=O) groups excluding carboxylic acids is 2. The third kappa shape index (κ3) is 5.33. The average Bonchev–Trinajstić information content (AvgIpc) is 3.08. The molecule has 0 unspecified atom stereocenters. The molecule has 7 nitrogen and oxygen atoms in total. The van der Waals surface area contributed by atoms with Crippen LogP contribution in [0.2, 0.25) is 0 Å². The van der Waals surface area contributed by atoms with Crippen LogP contribution in [0.3, 0.4) is 0 Å². The molecule has 0 saturated carbocycles. The summed E-state index contributed by atoms with van der Waals surface area (Å²) in [6, 6.07) is 7.19. The smallest absolute Gasteiger partial charge is 0.257 e. The Bertz CT molecular complexity index is 791. The molecule has 9 heteroatoms. The van der Waals surface area contributed by atoms with Crippen LogP contribution in [0.25, 0.3) is 0 Å². The third-order valence-corrected chi connectivity index (χ3v) is 4.20. The summed E-state index contributed by atoms with van der Waals surface area (Å²) in [5.41, 5.74) is 2.36. The van der Waals surface area contributed by atoms with Crippen LogP contribution < -0.4 is 10.6 Å². The van der Waals surface area contributed by atoms with Crippen LogP contribution in [0.1, 0.15) is 21.5 Å². The van der Waals surface area contributed by atoms with Gasteiger partial charge in [-0.1, -0.05) is 12.1 Å². The van der Waals surface area contributed by atoms with Crippen LogP contribution in [0.5, 0.6) is 0 Å². The Hall–Kier alpha value is -2.81. The normalized spacial score (nSPS) is 14.5. The van der Waals surface area contributed by atoms with Gasteiger partial charge in [0.25, 0.3) is 12.3 Å². The fourth-order valence-corrected chi connectivity index (χ4v) is 2.85. The highest BCUT2D eigenvalue weighted by molar-refractivity contribution is 5.97. The van der Waals surface area contributed by atoms with E-state index in [1.807, 2.05) is 12.1 Å². The molecule has 1 aromatic heterocycles. The number of nitrogens with one attached hydrogen (secondary N) is 2. The van der Waals surface area contributed by atoms with Crippen molar-refractivity contribution >= 4 is 11.8 Å². The molecule has 3 rings (SSSR count). The zero-order chi connectivity index (χ0) is 19.2. The summed E-state index contributed by atoms with van der Waals surface area (Å²) in [5, 5.41) is 9.79. The van der Waals surface area contributed by atoms with E-state index in [2.05, 4.69) is 15.7 Å². The predicted octanol–water partition coefficient (Wildman–Crippen LogP) is 1.01. The molecule has 0 radical (unpaired) electrons. The number of piperazine rings is 1. The van der Waals surface area contributed by atoms with E-state index in [0.29, 0.717) is 31.7 Å². The molecule has 1 aliphatic heterocycles. The molecule has 0 aliphatic carbocycles. The van der Waals surface area contributed by atoms with E-state index in [0.717, 1.165) is 11.1 Å². The van der Waals surface area contributed by atoms with Crippen LogP contribution >= 0.6 is 0 Å². The molecule has 1 saturated heterocycles. The lowest BCUT2D eigenvalue weighted by molar-refractivity contribution is -0.123. The lowest BCUT2D eigenvalue weighted by Gasteiger charge is -2.26. The zero-order valence-electron chi connectivity index (χ0n) is 14.7. The molecule has 1 aromatic carbocycles. The van der Waals surface area contributed by atoms with Gasteiger partial charge < -0.3 is 15.5 Å². The first kappa shape index (κ1) is 19.0. The van der Waals surface area contributed by atoms with Crippen molar-refractivity contribution in [3.8, 4) is 0 Å². The highest BCUT2D eigenvalue weighted by Crippen LogP contribution is 2.09. The van der Waals surface area contributed by atoms with Crippen molar-refractivity contribution in [2.75, 3.05) is 19.6 Å². The van der Waals surface area contributed by atoms with E-state index in [-0.39, 0.29) is 18.4 Å². The number of hydrogen-bond donors (Lipinski definition) is 2. The molecule has 1 fully saturated rings. The highest BCUT2D eigenvalue weighted by atomic mass is 19.3. The van der Waals surface area contributed by atoms with E-state index in [4.69, 9.17) is 0 Å². The first-order chi connectivity index (χ1) is 13.0. The molecule has 27 heavy (non-hydrogen) atoms. The van der Waals surface area contributed by atoms with Crippen LogP contribution in [0.4, 0.5) is 8.78 Å². The van der Waals surface area contributed by atoms with Crippen LogP contribution in [-0.2, 0) is 24.4 Å². The molecule has 0 atom stereocenters. The van der Waals surface area contributed by atoms with Crippen molar-refractivity contribution < 1.29 is 18.4 Å². The number of aromatic nitrogens is 2. The van der Waals surface area contributed by atoms with E-state index in [1.165, 1.54) is 9.58 Å². The van der Waals surface area contributed by atoms with Gasteiger partial charge in [-0.2, -0.15) is 5.10 Å². The molecule has 2 amide bonds. The zero-order valence-corrected chi connectivity index (χ0v) is 14.7. The van der Waals surface area contributed by atoms with Gasteiger partial charge in [-0.3, -0.25) is 14.3 Å². The number of hydrogen-bond acceptors (Lipinski definition) is 4. The topological polar surface area (TPSA) is 79.3 Å². The second-order valence-electron chi connectivity index (χ2n) is 6.34. The van der Waals surface area contributed by atoms with E-state index >= 15 is 0 Å². The third-order valence-electron chi connectivity index (χ3n) is 4.20. The van der Waals surface area contributed by atoms with Gasteiger partial charge in [-0.25, -0.2) is 8.78 Å². The van der Waals surface area contributed by atoms with Crippen LogP contribution in [0, 0.1) is 0 Å². The van der Waals surface area contributed by atoms with Crippen LogP contribution in [-0.4, -0.2) is 52.6 Å². The van der Waals surface area contributed by atoms with E-state index in [1.54, 1.807) is 24.5 Å². The lowest BCUT2D eigenvalue weighted by Crippen LogP contribution is -2.49. The molecule has 2 heterocycles. The maximum Gasteiger partial charge on any atom is 0.257 e. The lowest BCUT2D eigenvalue weighted by atomic mass is 10.1. The molecule has 1 aliphatic rings. The average molecular weight is 377 g/mol. The minimum absolute atomic E-state index is 0.0847. The monoisotopic (exact) mass is 377 g/mol. The Morgan fingerprint density at radius 1 is 1.22 bits per heavy atom. The summed E-state index contributed by atoms with van der Waals surface area (Å²) in [6.45, 7) is 1.73. The number of halogens is 2. The first-order valence-electron chi connectivity index (χ1n) is 8.66. The fraction of sp³-hybridized carbons (Fsp3) is 0.389. The summed E-state index contributed by atoms with van der Waals surface area (Å²) in [7, 11) is 0. The molecule has 144 valence electrons. The summed E-state index contributed by atoms with van der Waals surface area (Å²) >= 11 is 0. The molecular weight excluding hydrogens is 356 g/mol. The van der Waals surface area contributed by atoms with Crippen molar-refractivity contribution in [1.82, 2.24) is 25.3 Å². The Morgan fingerprint density at radius 2 is 1.96 bits per heavy atom. The molecule has 2 N–H and O–H groups in total. The quantitative estimate of drug-likeness (QED) is 0.755. The standard InChI is InChI=1S/C18H21F2N5O2/c19-16(20)11-25-10-14(9-23-25)8-21-7-13-1-3-15(4-2-13)18(27)24-6-5-22-17(26)12-24/h1-4,9-10,16,21H,5-8,11-12H2,(H,22,26). The number of alkyl halides is 2. The number of nitrogens with zero attached hydrogens (tertiary/aromatic N) is 3. The van der Waals surface area contributed by atoms with Gasteiger partial charge in [0.05, 0.1) is 12.7 Å². The van der Waals surface area contributed by atoms with Gasteiger partial charge in [-0.05, 0) is 17.7 Å². The van der Waals surface area contributed by atoms with Crippen LogP contribution in [0.15, 0.2) is 36.7 Å². The SMILES string of the molecule is O=C1CN(C(=O)c2ccc(CNCc3cnn(CC(F)F)c3)cc2)CCN1. The Labute approximate surface area is 155 Å². The summed E-state index contributed by atoms with van der Waals surface area (Å²) in [4.78, 5) is 25.3. The van der Waals surface area contributed by atoms with E-state index < -0.39 is 13.0 Å². The maximum atomic E-state index is 12.4. The van der Waals surface area contributed by atoms with Crippen molar-refractivity contribution in [2.45, 2.75) is 26.1 Å². The van der Waals surface area contributed by atoms with Gasteiger partial charge in [0.2, 0.25) is 5.91 Å². The minimum Gasteiger partial charge on any atom is -0.353 e. The van der Waals surface area contributed by atoms with Crippen molar-refractivity contribution in [3.63, 3.8) is 0 Å². The summed E-state index contributed by atoms with van der Waals surface area (Å²) in [6.07, 6.45) is 0.730. The Balaban J connectivity index is 1.48. The van der Waals surface area contributed by atoms with Crippen molar-refractivity contribution in [1.29, 1.82) is 0 Å². The number of carbonyl (C=O) groups is 2. The molecular formula is C18H21F2N5O2. The number of amides is 2. The first-order valence-corrected chi connectivity index (χ1v) is 8.66. The minimum atomic E-state index is -2.42. The van der Waals surface area contributed by atoms with Gasteiger partial charge in [0.15, 0.2) is 0 Å². The van der Waals surface area contributed by atoms with Gasteiger partial charge in [0, 0.05) is 43.5 Å². The van der Waals surface area contributed by atoms with Gasteiger partial charge >= 0.3 is 0 Å². The predicted molar refractivity (Wildman–Crippen MR) is 94.1 cm³/mol. The van der Waals surface area contributed by atoms with Gasteiger partial charge in [-0.15, -0.1) is 0 Å². The van der Waals surface area contributed by atoms with E-state index in [9.17, 15) is 18.4 Å². The van der Waals surface area contributed by atoms with Gasteiger partial charge in [0.1, 0.15) is 6.54 Å². The number of rotatable bonds is 7. The molecule has 0 spiro atoms. The largest absolute Gasteiger partial charge is 0.353 e. The molecule has 2 aromatic rings. The highest BCUT2D eigenvalue weighted by Gasteiger charge is 2.22. The summed E-state index contributed by atoms with van der Waals surface area (Å²) < 4.78 is 25.8. The number of benzene rings is 1. The second-order valence-corrected chi connectivity index (χ2v) is 6.34. The van der Waals surface area contributed by atoms with Crippen molar-refractivity contribution in [3.05, 3.63) is 53.3 Å². The fourth-order valence-electron chi connectivity index (χ4n) is 2.85.